The zero-order valence-electron chi connectivity index (χ0n) is 16.9. The number of carboxylic acid groups (broad SMARTS) is 1. The van der Waals surface area contributed by atoms with Crippen LogP contribution in [0.1, 0.15) is 11.3 Å². The summed E-state index contributed by atoms with van der Waals surface area (Å²) in [5.41, 5.74) is 1.49. The number of hydrogen-bond acceptors (Lipinski definition) is 7. The Morgan fingerprint density at radius 3 is 2.52 bits per heavy atom. The Bertz CT molecular complexity index is 1530. The number of rotatable bonds is 4. The lowest BCUT2D eigenvalue weighted by atomic mass is 10.1. The van der Waals surface area contributed by atoms with E-state index in [0.717, 1.165) is 10.8 Å². The van der Waals surface area contributed by atoms with Gasteiger partial charge in [0.1, 0.15) is 11.5 Å². The lowest BCUT2D eigenvalue weighted by molar-refractivity contribution is 0.209. The van der Waals surface area contributed by atoms with Gasteiger partial charge in [0.25, 0.3) is 0 Å². The van der Waals surface area contributed by atoms with E-state index in [1.54, 1.807) is 48.8 Å². The molecule has 10 nitrogen and oxygen atoms in total. The van der Waals surface area contributed by atoms with Crippen molar-refractivity contribution in [2.24, 2.45) is 5.14 Å². The second-order valence-corrected chi connectivity index (χ2v) is 8.29. The van der Waals surface area contributed by atoms with Crippen LogP contribution in [-0.4, -0.2) is 34.6 Å². The molecule has 0 fully saturated rings. The van der Waals surface area contributed by atoms with Crippen LogP contribution in [0.3, 0.4) is 0 Å². The molecule has 5 N–H and O–H groups in total. The number of benzene rings is 1. The number of nitrogens with one attached hydrogen (secondary N) is 2. The van der Waals surface area contributed by atoms with Crippen molar-refractivity contribution in [3.63, 3.8) is 0 Å². The molecule has 164 valence electrons. The molecule has 1 aromatic carbocycles. The molecule has 33 heavy (non-hydrogen) atoms. The first-order chi connectivity index (χ1) is 15.8. The summed E-state index contributed by atoms with van der Waals surface area (Å²) in [7, 11) is -3.77. The SMILES string of the molecule is NS(=O)(=O)c1ccc(Nc2cc3c(C#Cc4cccnc4NC(=O)O)nccc3cn2)cc1. The number of hydrogen-bond donors (Lipinski definition) is 4. The number of pyridine rings is 3. The third kappa shape index (κ3) is 5.21. The molecule has 3 heterocycles. The van der Waals surface area contributed by atoms with Crippen LogP contribution in [0.5, 0.6) is 0 Å². The first-order valence-electron chi connectivity index (χ1n) is 9.41. The lowest BCUT2D eigenvalue weighted by Gasteiger charge is -2.08. The van der Waals surface area contributed by atoms with Gasteiger partial charge in [0.2, 0.25) is 10.0 Å². The Morgan fingerprint density at radius 1 is 1.00 bits per heavy atom. The molecule has 0 aliphatic carbocycles. The number of nitrogens with two attached hydrogens (primary N) is 1. The maximum atomic E-state index is 11.4. The minimum atomic E-state index is -3.77. The van der Waals surface area contributed by atoms with E-state index in [1.165, 1.54) is 18.3 Å². The average molecular weight is 460 g/mol. The van der Waals surface area contributed by atoms with Gasteiger partial charge in [-0.1, -0.05) is 5.92 Å². The predicted octanol–water partition coefficient (Wildman–Crippen LogP) is 2.91. The second-order valence-electron chi connectivity index (χ2n) is 6.72. The van der Waals surface area contributed by atoms with Gasteiger partial charge in [-0.05, 0) is 54.5 Å². The quantitative estimate of drug-likeness (QED) is 0.338. The predicted molar refractivity (Wildman–Crippen MR) is 123 cm³/mol. The summed E-state index contributed by atoms with van der Waals surface area (Å²) < 4.78 is 22.8. The van der Waals surface area contributed by atoms with Gasteiger partial charge < -0.3 is 10.4 Å². The van der Waals surface area contributed by atoms with Crippen LogP contribution in [0.25, 0.3) is 10.8 Å². The van der Waals surface area contributed by atoms with Crippen molar-refractivity contribution >= 4 is 44.2 Å². The summed E-state index contributed by atoms with van der Waals surface area (Å²) in [5, 5.41) is 20.9. The van der Waals surface area contributed by atoms with Crippen molar-refractivity contribution in [1.29, 1.82) is 0 Å². The maximum Gasteiger partial charge on any atom is 0.410 e. The molecule has 4 aromatic rings. The Labute approximate surface area is 188 Å². The van der Waals surface area contributed by atoms with Crippen LogP contribution in [0, 0.1) is 11.8 Å². The number of primary sulfonamides is 1. The molecule has 0 saturated carbocycles. The van der Waals surface area contributed by atoms with Crippen LogP contribution in [0.15, 0.2) is 72.0 Å². The normalized spacial score (nSPS) is 10.8. The Balaban J connectivity index is 1.67. The van der Waals surface area contributed by atoms with E-state index in [9.17, 15) is 13.2 Å². The molecule has 0 aliphatic rings. The van der Waals surface area contributed by atoms with E-state index >= 15 is 0 Å². The summed E-state index contributed by atoms with van der Waals surface area (Å²) in [6, 6.07) is 12.8. The van der Waals surface area contributed by atoms with Crippen LogP contribution >= 0.6 is 0 Å². The number of aromatic nitrogens is 3. The summed E-state index contributed by atoms with van der Waals surface area (Å²) in [5.74, 6) is 6.49. The van der Waals surface area contributed by atoms with Crippen molar-refractivity contribution < 1.29 is 18.3 Å². The highest BCUT2D eigenvalue weighted by Crippen LogP contribution is 2.22. The molecule has 0 atom stereocenters. The molecule has 3 aromatic heterocycles. The van der Waals surface area contributed by atoms with E-state index in [2.05, 4.69) is 37.4 Å². The third-order valence-electron chi connectivity index (χ3n) is 4.45. The Hall–Kier alpha value is -4.53. The van der Waals surface area contributed by atoms with Crippen molar-refractivity contribution in [3.05, 3.63) is 78.4 Å². The standard InChI is InChI=1S/C22H16N6O4S/c23-33(31,32)17-6-4-16(5-7-17)27-20-12-18-15(13-26-20)9-11-24-19(18)8-3-14-2-1-10-25-21(14)28-22(29)30/h1-2,4-7,9-13H,(H,25,28)(H,26,27)(H,29,30)(H2,23,31,32). The topological polar surface area (TPSA) is 160 Å². The van der Waals surface area contributed by atoms with Gasteiger partial charge in [-0.15, -0.1) is 0 Å². The second kappa shape index (κ2) is 8.91. The molecule has 0 spiro atoms. The van der Waals surface area contributed by atoms with Gasteiger partial charge in [0.05, 0.1) is 10.5 Å². The molecule has 0 saturated heterocycles. The largest absolute Gasteiger partial charge is 0.465 e. The van der Waals surface area contributed by atoms with Crippen molar-refractivity contribution in [3.8, 4) is 11.8 Å². The summed E-state index contributed by atoms with van der Waals surface area (Å²) in [4.78, 5) is 23.7. The van der Waals surface area contributed by atoms with Gasteiger partial charge in [-0.2, -0.15) is 0 Å². The van der Waals surface area contributed by atoms with Crippen LogP contribution in [0.4, 0.5) is 22.1 Å². The fourth-order valence-electron chi connectivity index (χ4n) is 2.94. The molecule has 0 bridgehead atoms. The van der Waals surface area contributed by atoms with Crippen LogP contribution in [-0.2, 0) is 10.0 Å². The Morgan fingerprint density at radius 2 is 1.79 bits per heavy atom. The first kappa shape index (κ1) is 21.7. The van der Waals surface area contributed by atoms with E-state index in [-0.39, 0.29) is 10.7 Å². The van der Waals surface area contributed by atoms with E-state index in [1.807, 2.05) is 0 Å². The Kier molecular flexibility index (Phi) is 5.86. The van der Waals surface area contributed by atoms with Gasteiger partial charge >= 0.3 is 6.09 Å². The number of fused-ring (bicyclic) bond motifs is 1. The van der Waals surface area contributed by atoms with Crippen LogP contribution < -0.4 is 15.8 Å². The third-order valence-corrected chi connectivity index (χ3v) is 5.38. The smallest absolute Gasteiger partial charge is 0.410 e. The highest BCUT2D eigenvalue weighted by atomic mass is 32.2. The van der Waals surface area contributed by atoms with E-state index in [0.29, 0.717) is 22.8 Å². The van der Waals surface area contributed by atoms with Gasteiger partial charge in [0, 0.05) is 35.1 Å². The number of anilines is 3. The first-order valence-corrected chi connectivity index (χ1v) is 11.0. The van der Waals surface area contributed by atoms with E-state index < -0.39 is 16.1 Å². The number of sulfonamides is 1. The minimum Gasteiger partial charge on any atom is -0.465 e. The number of carbonyl (C=O) groups is 1. The van der Waals surface area contributed by atoms with E-state index in [4.69, 9.17) is 10.2 Å². The zero-order chi connectivity index (χ0) is 23.4. The van der Waals surface area contributed by atoms with Crippen molar-refractivity contribution in [2.75, 3.05) is 10.6 Å². The highest BCUT2D eigenvalue weighted by molar-refractivity contribution is 7.89. The molecular formula is C22H16N6O4S. The molecule has 1 amide bonds. The fourth-order valence-corrected chi connectivity index (χ4v) is 3.46. The molecule has 0 radical (unpaired) electrons. The molecule has 0 aliphatic heterocycles. The zero-order valence-corrected chi connectivity index (χ0v) is 17.7. The van der Waals surface area contributed by atoms with Gasteiger partial charge in [-0.3, -0.25) is 5.32 Å². The average Bonchev–Trinajstić information content (AvgIpc) is 2.78. The van der Waals surface area contributed by atoms with Crippen LogP contribution in [0.2, 0.25) is 0 Å². The number of amides is 1. The molecule has 0 unspecified atom stereocenters. The fraction of sp³-hybridized carbons (Fsp3) is 0. The molecule has 4 rings (SSSR count). The molecule has 11 heteroatoms. The summed E-state index contributed by atoms with van der Waals surface area (Å²) in [6.07, 6.45) is 3.49. The molecular weight excluding hydrogens is 444 g/mol. The summed E-state index contributed by atoms with van der Waals surface area (Å²) in [6.45, 7) is 0. The highest BCUT2D eigenvalue weighted by Gasteiger charge is 2.08. The monoisotopic (exact) mass is 460 g/mol. The van der Waals surface area contributed by atoms with Crippen molar-refractivity contribution in [1.82, 2.24) is 15.0 Å². The van der Waals surface area contributed by atoms with Gasteiger partial charge in [0.15, 0.2) is 5.82 Å². The maximum absolute atomic E-state index is 11.4. The lowest BCUT2D eigenvalue weighted by Crippen LogP contribution is -2.11. The number of nitrogens with zero attached hydrogens (tertiary/aromatic N) is 3. The minimum absolute atomic E-state index is 0.00781. The summed E-state index contributed by atoms with van der Waals surface area (Å²) >= 11 is 0. The van der Waals surface area contributed by atoms with Gasteiger partial charge in [-0.25, -0.2) is 33.3 Å². The van der Waals surface area contributed by atoms with Crippen molar-refractivity contribution in [2.45, 2.75) is 4.90 Å².